The van der Waals surface area contributed by atoms with Gasteiger partial charge < -0.3 is 20.3 Å². The van der Waals surface area contributed by atoms with Crippen LogP contribution in [0.15, 0.2) is 66.9 Å². The fourth-order valence-corrected chi connectivity index (χ4v) is 3.66. The van der Waals surface area contributed by atoms with Crippen LogP contribution in [0.25, 0.3) is 11.3 Å². The highest BCUT2D eigenvalue weighted by atomic mass is 32.1. The lowest BCUT2D eigenvalue weighted by Gasteiger charge is -2.27. The molecule has 31 heavy (non-hydrogen) atoms. The summed E-state index contributed by atoms with van der Waals surface area (Å²) in [6.45, 7) is 4.67. The van der Waals surface area contributed by atoms with Crippen LogP contribution in [0.4, 0.5) is 5.95 Å². The van der Waals surface area contributed by atoms with E-state index in [4.69, 9.17) is 9.72 Å². The van der Waals surface area contributed by atoms with Crippen LogP contribution in [0.5, 0.6) is 5.75 Å². The van der Waals surface area contributed by atoms with E-state index in [1.54, 1.807) is 0 Å². The molecule has 0 unspecified atom stereocenters. The quantitative estimate of drug-likeness (QED) is 0.563. The second kappa shape index (κ2) is 11.7. The summed E-state index contributed by atoms with van der Waals surface area (Å²) in [6.07, 6.45) is 2.73. The third kappa shape index (κ3) is 6.19. The Balaban J connectivity index is 0.00000272. The van der Waals surface area contributed by atoms with Crippen molar-refractivity contribution in [3.8, 4) is 17.0 Å². The Morgan fingerprint density at radius 1 is 1.06 bits per heavy atom. The number of benzene rings is 2. The van der Waals surface area contributed by atoms with Gasteiger partial charge in [-0.25, -0.2) is 9.97 Å². The van der Waals surface area contributed by atoms with E-state index in [1.165, 1.54) is 5.56 Å². The normalized spacial score (nSPS) is 14.5. The standard InChI is InChI=1S/C24H29N5O.H2S/c1-25-12-11-23(19-6-3-2-4-7-19)30-21-9-5-8-20(18-21)22-10-13-27-24(28-22)29-16-14-26-15-17-29;/h2-10,13,18,23,25-26H,11-12,14-17H2,1H3;1H2/t23-;/m0./s1. The molecule has 1 saturated heterocycles. The van der Waals surface area contributed by atoms with Crippen molar-refractivity contribution >= 4 is 19.4 Å². The van der Waals surface area contributed by atoms with E-state index in [0.29, 0.717) is 0 Å². The molecular formula is C24H31N5OS. The van der Waals surface area contributed by atoms with E-state index in [-0.39, 0.29) is 19.6 Å². The third-order valence-corrected chi connectivity index (χ3v) is 5.28. The van der Waals surface area contributed by atoms with Gasteiger partial charge in [-0.3, -0.25) is 0 Å². The van der Waals surface area contributed by atoms with Gasteiger partial charge in [0.25, 0.3) is 0 Å². The van der Waals surface area contributed by atoms with Gasteiger partial charge in [-0.05, 0) is 37.4 Å². The van der Waals surface area contributed by atoms with E-state index < -0.39 is 0 Å². The predicted molar refractivity (Wildman–Crippen MR) is 131 cm³/mol. The molecule has 0 aliphatic carbocycles. The molecule has 0 amide bonds. The van der Waals surface area contributed by atoms with Gasteiger partial charge in [0.05, 0.1) is 5.69 Å². The summed E-state index contributed by atoms with van der Waals surface area (Å²) >= 11 is 0. The second-order valence-corrected chi connectivity index (χ2v) is 7.42. The van der Waals surface area contributed by atoms with Gasteiger partial charge in [0.2, 0.25) is 5.95 Å². The van der Waals surface area contributed by atoms with Crippen LogP contribution < -0.4 is 20.3 Å². The Kier molecular flexibility index (Phi) is 8.70. The van der Waals surface area contributed by atoms with Crippen molar-refractivity contribution in [1.29, 1.82) is 0 Å². The van der Waals surface area contributed by atoms with Crippen LogP contribution in [0.3, 0.4) is 0 Å². The lowest BCUT2D eigenvalue weighted by Crippen LogP contribution is -2.44. The SMILES string of the molecule is CNCC[C@H](Oc1cccc(-c2ccnc(N3CCNCC3)n2)c1)c1ccccc1.S. The number of piperazine rings is 1. The summed E-state index contributed by atoms with van der Waals surface area (Å²) in [7, 11) is 1.97. The minimum Gasteiger partial charge on any atom is -0.486 e. The minimum absolute atomic E-state index is 0. The highest BCUT2D eigenvalue weighted by Crippen LogP contribution is 2.28. The van der Waals surface area contributed by atoms with Crippen molar-refractivity contribution in [1.82, 2.24) is 20.6 Å². The van der Waals surface area contributed by atoms with Crippen LogP contribution in [0, 0.1) is 0 Å². The first kappa shape index (κ1) is 23.1. The Bertz CT molecular complexity index is 934. The topological polar surface area (TPSA) is 62.3 Å². The summed E-state index contributed by atoms with van der Waals surface area (Å²) in [6, 6.07) is 20.5. The molecule has 2 aromatic carbocycles. The summed E-state index contributed by atoms with van der Waals surface area (Å²) < 4.78 is 6.41. The predicted octanol–water partition coefficient (Wildman–Crippen LogP) is 3.40. The van der Waals surface area contributed by atoms with E-state index in [9.17, 15) is 0 Å². The van der Waals surface area contributed by atoms with Gasteiger partial charge in [-0.1, -0.05) is 42.5 Å². The lowest BCUT2D eigenvalue weighted by molar-refractivity contribution is 0.195. The number of nitrogens with one attached hydrogen (secondary N) is 2. The minimum atomic E-state index is -0.00397. The summed E-state index contributed by atoms with van der Waals surface area (Å²) in [4.78, 5) is 11.5. The number of anilines is 1. The zero-order valence-corrected chi connectivity index (χ0v) is 18.9. The Hall–Kier alpha value is -2.61. The second-order valence-electron chi connectivity index (χ2n) is 7.42. The van der Waals surface area contributed by atoms with E-state index in [0.717, 1.165) is 62.1 Å². The van der Waals surface area contributed by atoms with Gasteiger partial charge in [0.15, 0.2) is 0 Å². The molecule has 7 heteroatoms. The number of rotatable bonds is 8. The van der Waals surface area contributed by atoms with E-state index >= 15 is 0 Å². The Labute approximate surface area is 191 Å². The Morgan fingerprint density at radius 2 is 1.87 bits per heavy atom. The maximum Gasteiger partial charge on any atom is 0.225 e. The molecular weight excluding hydrogens is 406 g/mol. The van der Waals surface area contributed by atoms with Crippen LogP contribution in [-0.2, 0) is 0 Å². The third-order valence-electron chi connectivity index (χ3n) is 5.28. The van der Waals surface area contributed by atoms with Crippen molar-refractivity contribution < 1.29 is 4.74 Å². The molecule has 0 saturated carbocycles. The molecule has 3 aromatic rings. The van der Waals surface area contributed by atoms with Gasteiger partial charge >= 0.3 is 0 Å². The molecule has 1 fully saturated rings. The van der Waals surface area contributed by atoms with Gasteiger partial charge in [-0.15, -0.1) is 0 Å². The van der Waals surface area contributed by atoms with Crippen molar-refractivity contribution in [2.24, 2.45) is 0 Å². The van der Waals surface area contributed by atoms with Crippen LogP contribution in [0.2, 0.25) is 0 Å². The zero-order valence-electron chi connectivity index (χ0n) is 17.9. The van der Waals surface area contributed by atoms with E-state index in [2.05, 4.69) is 56.9 Å². The van der Waals surface area contributed by atoms with Crippen molar-refractivity contribution in [2.45, 2.75) is 12.5 Å². The first-order chi connectivity index (χ1) is 14.8. The van der Waals surface area contributed by atoms with E-state index in [1.807, 2.05) is 37.5 Å². The first-order valence-corrected chi connectivity index (χ1v) is 10.6. The zero-order chi connectivity index (χ0) is 20.6. The number of aromatic nitrogens is 2. The smallest absolute Gasteiger partial charge is 0.225 e. The number of hydrogen-bond donors (Lipinski definition) is 2. The fourth-order valence-electron chi connectivity index (χ4n) is 3.66. The molecule has 6 nitrogen and oxygen atoms in total. The van der Waals surface area contributed by atoms with Gasteiger partial charge in [0, 0.05) is 44.4 Å². The largest absolute Gasteiger partial charge is 0.486 e. The summed E-state index contributed by atoms with van der Waals surface area (Å²) in [5.74, 6) is 1.64. The molecule has 164 valence electrons. The molecule has 1 aliphatic heterocycles. The molecule has 1 aliphatic rings. The molecule has 0 bridgehead atoms. The molecule has 0 radical (unpaired) electrons. The maximum absolute atomic E-state index is 6.41. The van der Waals surface area contributed by atoms with Crippen LogP contribution in [0.1, 0.15) is 18.1 Å². The summed E-state index contributed by atoms with van der Waals surface area (Å²) in [5, 5.41) is 6.59. The van der Waals surface area contributed by atoms with Crippen LogP contribution in [-0.4, -0.2) is 49.7 Å². The monoisotopic (exact) mass is 437 g/mol. The number of hydrogen-bond acceptors (Lipinski definition) is 6. The molecule has 0 spiro atoms. The van der Waals surface area contributed by atoms with Crippen molar-refractivity contribution in [3.05, 3.63) is 72.4 Å². The first-order valence-electron chi connectivity index (χ1n) is 10.6. The van der Waals surface area contributed by atoms with Crippen molar-refractivity contribution in [2.75, 3.05) is 44.7 Å². The highest BCUT2D eigenvalue weighted by molar-refractivity contribution is 7.59. The van der Waals surface area contributed by atoms with Gasteiger partial charge in [0.1, 0.15) is 11.9 Å². The van der Waals surface area contributed by atoms with Crippen molar-refractivity contribution in [3.63, 3.8) is 0 Å². The molecule has 2 N–H and O–H groups in total. The average molecular weight is 438 g/mol. The molecule has 2 heterocycles. The van der Waals surface area contributed by atoms with Gasteiger partial charge in [-0.2, -0.15) is 13.5 Å². The molecule has 4 rings (SSSR count). The van der Waals surface area contributed by atoms with Crippen LogP contribution >= 0.6 is 13.5 Å². The Morgan fingerprint density at radius 3 is 2.65 bits per heavy atom. The lowest BCUT2D eigenvalue weighted by atomic mass is 10.1. The molecule has 1 aromatic heterocycles. The number of ether oxygens (including phenoxy) is 1. The number of nitrogens with zero attached hydrogens (tertiary/aromatic N) is 3. The average Bonchev–Trinajstić information content (AvgIpc) is 2.83. The maximum atomic E-state index is 6.41. The highest BCUT2D eigenvalue weighted by Gasteiger charge is 2.15. The summed E-state index contributed by atoms with van der Waals surface area (Å²) in [5.41, 5.74) is 3.13. The molecule has 1 atom stereocenters. The fraction of sp³-hybridized carbons (Fsp3) is 0.333.